The molecule has 2 nitrogen and oxygen atoms in total. The van der Waals surface area contributed by atoms with Gasteiger partial charge < -0.3 is 10.2 Å². The van der Waals surface area contributed by atoms with Crippen molar-refractivity contribution >= 4 is 5.69 Å². The van der Waals surface area contributed by atoms with Crippen LogP contribution in [0.4, 0.5) is 5.69 Å². The Morgan fingerprint density at radius 3 is 2.48 bits per heavy atom. The number of benzene rings is 1. The Morgan fingerprint density at radius 2 is 1.95 bits per heavy atom. The van der Waals surface area contributed by atoms with Crippen LogP contribution in [0.1, 0.15) is 58.1 Å². The largest absolute Gasteiger partial charge is 0.371 e. The summed E-state index contributed by atoms with van der Waals surface area (Å²) in [6.07, 6.45) is 4.25. The van der Waals surface area contributed by atoms with E-state index < -0.39 is 0 Å². The van der Waals surface area contributed by atoms with Gasteiger partial charge in [0.2, 0.25) is 0 Å². The Balaban J connectivity index is 2.15. The van der Waals surface area contributed by atoms with Crippen LogP contribution in [0.15, 0.2) is 18.2 Å². The maximum Gasteiger partial charge on any atom is 0.0412 e. The van der Waals surface area contributed by atoms with Crippen molar-refractivity contribution in [2.24, 2.45) is 5.92 Å². The molecule has 1 N–H and O–H groups in total. The normalized spacial score (nSPS) is 15.9. The third-order valence-corrected chi connectivity index (χ3v) is 4.47. The lowest BCUT2D eigenvalue weighted by molar-refractivity contribution is 0.318. The van der Waals surface area contributed by atoms with E-state index in [1.54, 1.807) is 0 Å². The standard InChI is InChI=1S/C19H32N2/c1-6-21(14-16-8-7-9-16)18-11-10-15(2)12-17(18)13-20-19(3,4)5/h10-12,16,20H,6-9,13-14H2,1-5H3. The monoisotopic (exact) mass is 288 g/mol. The van der Waals surface area contributed by atoms with Gasteiger partial charge in [0.15, 0.2) is 0 Å². The van der Waals surface area contributed by atoms with Gasteiger partial charge in [-0.3, -0.25) is 0 Å². The summed E-state index contributed by atoms with van der Waals surface area (Å²) in [6, 6.07) is 6.91. The molecule has 1 fully saturated rings. The molecule has 0 atom stereocenters. The van der Waals surface area contributed by atoms with E-state index in [0.717, 1.165) is 19.0 Å². The number of nitrogens with one attached hydrogen (secondary N) is 1. The predicted molar refractivity (Wildman–Crippen MR) is 93.0 cm³/mol. The zero-order valence-corrected chi connectivity index (χ0v) is 14.5. The SMILES string of the molecule is CCN(CC1CCC1)c1ccc(C)cc1CNC(C)(C)C. The number of aryl methyl sites for hydroxylation is 1. The summed E-state index contributed by atoms with van der Waals surface area (Å²) in [5.74, 6) is 0.912. The third-order valence-electron chi connectivity index (χ3n) is 4.47. The van der Waals surface area contributed by atoms with Gasteiger partial charge in [0.1, 0.15) is 0 Å². The van der Waals surface area contributed by atoms with Crippen LogP contribution in [-0.4, -0.2) is 18.6 Å². The molecule has 2 heteroatoms. The molecule has 1 aliphatic rings. The van der Waals surface area contributed by atoms with Crippen LogP contribution < -0.4 is 10.2 Å². The van der Waals surface area contributed by atoms with Gasteiger partial charge in [-0.1, -0.05) is 24.1 Å². The first kappa shape index (κ1) is 16.4. The zero-order valence-electron chi connectivity index (χ0n) is 14.5. The molecule has 118 valence electrons. The Hall–Kier alpha value is -1.02. The summed E-state index contributed by atoms with van der Waals surface area (Å²) in [7, 11) is 0. The highest BCUT2D eigenvalue weighted by Gasteiger charge is 2.21. The highest BCUT2D eigenvalue weighted by molar-refractivity contribution is 5.55. The molecule has 1 aromatic rings. The Labute approximate surface area is 130 Å². The average molecular weight is 288 g/mol. The lowest BCUT2D eigenvalue weighted by Gasteiger charge is -2.34. The van der Waals surface area contributed by atoms with Crippen LogP contribution in [0.25, 0.3) is 0 Å². The summed E-state index contributed by atoms with van der Waals surface area (Å²) >= 11 is 0. The van der Waals surface area contributed by atoms with Crippen molar-refractivity contribution in [1.29, 1.82) is 0 Å². The van der Waals surface area contributed by atoms with Crippen molar-refractivity contribution in [2.75, 3.05) is 18.0 Å². The zero-order chi connectivity index (χ0) is 15.5. The van der Waals surface area contributed by atoms with E-state index in [0.29, 0.717) is 0 Å². The van der Waals surface area contributed by atoms with Crippen LogP contribution in [0, 0.1) is 12.8 Å². The molecule has 0 bridgehead atoms. The molecule has 0 radical (unpaired) electrons. The fourth-order valence-electron chi connectivity index (χ4n) is 2.91. The van der Waals surface area contributed by atoms with E-state index in [2.05, 4.69) is 63.0 Å². The molecule has 1 saturated carbocycles. The predicted octanol–water partition coefficient (Wildman–Crippen LogP) is 4.51. The molecule has 0 aromatic heterocycles. The maximum absolute atomic E-state index is 3.64. The minimum Gasteiger partial charge on any atom is -0.371 e. The lowest BCUT2D eigenvalue weighted by Crippen LogP contribution is -2.37. The van der Waals surface area contributed by atoms with Gasteiger partial charge in [-0.2, -0.15) is 0 Å². The number of hydrogen-bond acceptors (Lipinski definition) is 2. The highest BCUT2D eigenvalue weighted by atomic mass is 15.1. The first-order valence-corrected chi connectivity index (χ1v) is 8.48. The first-order chi connectivity index (χ1) is 9.89. The Morgan fingerprint density at radius 1 is 1.24 bits per heavy atom. The van der Waals surface area contributed by atoms with E-state index in [1.165, 1.54) is 42.6 Å². The fourth-order valence-corrected chi connectivity index (χ4v) is 2.91. The quantitative estimate of drug-likeness (QED) is 0.828. The van der Waals surface area contributed by atoms with Crippen LogP contribution in [0.5, 0.6) is 0 Å². The highest BCUT2D eigenvalue weighted by Crippen LogP contribution is 2.30. The van der Waals surface area contributed by atoms with Crippen molar-refractivity contribution < 1.29 is 0 Å². The number of hydrogen-bond donors (Lipinski definition) is 1. The van der Waals surface area contributed by atoms with Gasteiger partial charge in [0, 0.05) is 30.9 Å². The van der Waals surface area contributed by atoms with Crippen LogP contribution in [0.3, 0.4) is 0 Å². The van der Waals surface area contributed by atoms with E-state index in [1.807, 2.05) is 0 Å². The Bertz CT molecular complexity index is 455. The van der Waals surface area contributed by atoms with E-state index >= 15 is 0 Å². The second-order valence-corrected chi connectivity index (χ2v) is 7.57. The second-order valence-electron chi connectivity index (χ2n) is 7.57. The van der Waals surface area contributed by atoms with Crippen molar-refractivity contribution in [3.63, 3.8) is 0 Å². The molecule has 0 spiro atoms. The summed E-state index contributed by atoms with van der Waals surface area (Å²) in [5, 5.41) is 3.64. The molecule has 0 amide bonds. The molecule has 0 unspecified atom stereocenters. The smallest absolute Gasteiger partial charge is 0.0412 e. The van der Waals surface area contributed by atoms with Crippen molar-refractivity contribution in [2.45, 2.75) is 66.0 Å². The van der Waals surface area contributed by atoms with Gasteiger partial charge in [-0.15, -0.1) is 0 Å². The fraction of sp³-hybridized carbons (Fsp3) is 0.684. The van der Waals surface area contributed by atoms with E-state index in [-0.39, 0.29) is 5.54 Å². The third kappa shape index (κ3) is 4.74. The average Bonchev–Trinajstić information content (AvgIpc) is 2.36. The van der Waals surface area contributed by atoms with Crippen molar-refractivity contribution in [3.8, 4) is 0 Å². The first-order valence-electron chi connectivity index (χ1n) is 8.48. The topological polar surface area (TPSA) is 15.3 Å². The molecular weight excluding hydrogens is 256 g/mol. The van der Waals surface area contributed by atoms with Gasteiger partial charge >= 0.3 is 0 Å². The van der Waals surface area contributed by atoms with Gasteiger partial charge in [0.05, 0.1) is 0 Å². The lowest BCUT2D eigenvalue weighted by atomic mass is 9.85. The van der Waals surface area contributed by atoms with Crippen molar-refractivity contribution in [3.05, 3.63) is 29.3 Å². The summed E-state index contributed by atoms with van der Waals surface area (Å²) in [5.41, 5.74) is 4.37. The minimum absolute atomic E-state index is 0.159. The summed E-state index contributed by atoms with van der Waals surface area (Å²) in [6.45, 7) is 14.4. The maximum atomic E-state index is 3.64. The van der Waals surface area contributed by atoms with Gasteiger partial charge in [0.25, 0.3) is 0 Å². The number of anilines is 1. The summed E-state index contributed by atoms with van der Waals surface area (Å²) < 4.78 is 0. The second kappa shape index (κ2) is 6.83. The molecule has 0 aliphatic heterocycles. The Kier molecular flexibility index (Phi) is 5.32. The molecule has 0 saturated heterocycles. The molecular formula is C19H32N2. The van der Waals surface area contributed by atoms with Gasteiger partial charge in [-0.25, -0.2) is 0 Å². The molecule has 21 heavy (non-hydrogen) atoms. The molecule has 2 rings (SSSR count). The van der Waals surface area contributed by atoms with Crippen LogP contribution in [-0.2, 0) is 6.54 Å². The van der Waals surface area contributed by atoms with Gasteiger partial charge in [-0.05, 0) is 65.0 Å². The van der Waals surface area contributed by atoms with Crippen LogP contribution >= 0.6 is 0 Å². The van der Waals surface area contributed by atoms with E-state index in [4.69, 9.17) is 0 Å². The number of nitrogens with zero attached hydrogens (tertiary/aromatic N) is 1. The minimum atomic E-state index is 0.159. The summed E-state index contributed by atoms with van der Waals surface area (Å²) in [4.78, 5) is 2.57. The molecule has 1 aromatic carbocycles. The molecule has 0 heterocycles. The van der Waals surface area contributed by atoms with Crippen molar-refractivity contribution in [1.82, 2.24) is 5.32 Å². The van der Waals surface area contributed by atoms with Crippen LogP contribution in [0.2, 0.25) is 0 Å². The molecule has 1 aliphatic carbocycles. The van der Waals surface area contributed by atoms with E-state index in [9.17, 15) is 0 Å². The number of rotatable bonds is 6.